The number of aromatic hydroxyl groups is 1. The normalized spacial score (nSPS) is 13.9. The summed E-state index contributed by atoms with van der Waals surface area (Å²) in [6, 6.07) is 16.1. The molecule has 0 aliphatic carbocycles. The van der Waals surface area contributed by atoms with Gasteiger partial charge in [-0.1, -0.05) is 86.6 Å². The third-order valence-electron chi connectivity index (χ3n) is 9.81. The summed E-state index contributed by atoms with van der Waals surface area (Å²) >= 11 is 0. The summed E-state index contributed by atoms with van der Waals surface area (Å²) in [4.78, 5) is 93.7. The second-order valence-electron chi connectivity index (χ2n) is 15.4. The van der Waals surface area contributed by atoms with Gasteiger partial charge in [-0.15, -0.1) is 0 Å². The van der Waals surface area contributed by atoms with Crippen LogP contribution in [-0.2, 0) is 52.8 Å². The molecule has 0 bridgehead atoms. The second-order valence-corrected chi connectivity index (χ2v) is 15.4. The van der Waals surface area contributed by atoms with Gasteiger partial charge in [-0.05, 0) is 67.0 Å². The molecular weight excluding hydrogens is 799 g/mol. The highest BCUT2D eigenvalue weighted by atomic mass is 16.3. The molecule has 0 saturated carbocycles. The van der Waals surface area contributed by atoms with Crippen LogP contribution >= 0.6 is 0 Å². The summed E-state index contributed by atoms with van der Waals surface area (Å²) in [6.07, 6.45) is 1.13. The van der Waals surface area contributed by atoms with Crippen molar-refractivity contribution in [1.82, 2.24) is 31.9 Å². The highest BCUT2D eigenvalue weighted by molar-refractivity contribution is 5.97. The average Bonchev–Trinajstić information content (AvgIpc) is 3.25. The minimum atomic E-state index is -1.54. The zero-order valence-corrected chi connectivity index (χ0v) is 35.2. The van der Waals surface area contributed by atoms with E-state index in [0.29, 0.717) is 30.5 Å². The maximum absolute atomic E-state index is 14.1. The molecule has 0 radical (unpaired) electrons. The van der Waals surface area contributed by atoms with E-state index in [9.17, 15) is 43.8 Å². The van der Waals surface area contributed by atoms with Crippen LogP contribution in [0, 0.1) is 5.92 Å². The summed E-state index contributed by atoms with van der Waals surface area (Å²) in [6.45, 7) is 2.69. The van der Waals surface area contributed by atoms with Crippen molar-refractivity contribution in [3.05, 3.63) is 102 Å². The predicted molar refractivity (Wildman–Crippen MR) is 231 cm³/mol. The topological polar surface area (TPSA) is 310 Å². The number of hydrogen-bond donors (Lipinski definition) is 11. The third kappa shape index (κ3) is 17.3. The molecule has 0 heterocycles. The number of hydrogen-bond acceptors (Lipinski definition) is 11. The van der Waals surface area contributed by atoms with E-state index in [0.717, 1.165) is 5.56 Å². The minimum Gasteiger partial charge on any atom is -0.508 e. The highest BCUT2D eigenvalue weighted by Gasteiger charge is 2.33. The van der Waals surface area contributed by atoms with E-state index < -0.39 is 90.8 Å². The van der Waals surface area contributed by atoms with E-state index in [-0.39, 0.29) is 43.8 Å². The Morgan fingerprint density at radius 3 is 1.45 bits per heavy atom. The molecule has 3 aromatic carbocycles. The summed E-state index contributed by atoms with van der Waals surface area (Å²) in [7, 11) is 0. The number of phenolic OH excluding ortho intramolecular Hbond substituents is 1. The highest BCUT2D eigenvalue weighted by Crippen LogP contribution is 2.14. The van der Waals surface area contributed by atoms with E-state index in [4.69, 9.17) is 17.2 Å². The van der Waals surface area contributed by atoms with E-state index in [1.165, 1.54) is 12.1 Å². The largest absolute Gasteiger partial charge is 0.508 e. The molecule has 7 amide bonds. The molecule has 0 aliphatic rings. The predicted octanol–water partition coefficient (Wildman–Crippen LogP) is -1.06. The van der Waals surface area contributed by atoms with Crippen LogP contribution in [0.1, 0.15) is 56.2 Å². The van der Waals surface area contributed by atoms with Gasteiger partial charge in [-0.3, -0.25) is 33.6 Å². The van der Waals surface area contributed by atoms with Crippen molar-refractivity contribution in [2.75, 3.05) is 19.7 Å². The van der Waals surface area contributed by atoms with Gasteiger partial charge in [0.05, 0.1) is 13.2 Å². The number of nitrogens with two attached hydrogens (primary N) is 3. The Morgan fingerprint density at radius 2 is 0.952 bits per heavy atom. The van der Waals surface area contributed by atoms with Gasteiger partial charge in [-0.2, -0.15) is 0 Å². The van der Waals surface area contributed by atoms with Gasteiger partial charge in [-0.25, -0.2) is 0 Å². The standard InChI is InChI=1S/C44H61N9O9/c1-27(2)21-34(41(59)52-36(24-30-16-18-31(55)19-17-30)43(61)50-33(39(47)57)22-28-11-5-3-6-12-28)51-40(58)32(15-9-10-20-45)49-44(62)37(26-54)53-42(60)35(48-38(56)25-46)23-29-13-7-4-8-14-29/h3-8,11-14,16-19,27,32-37,54-55H,9-10,15,20-26,45-46H2,1-2H3,(H2,47,57)(H,48,56)(H,49,62)(H,50,61)(H,51,58)(H,52,59)(H,53,60)/t32-,33-,34-,35-,36-,37-/m0/s1. The molecule has 18 nitrogen and oxygen atoms in total. The number of primary amides is 1. The number of aliphatic hydroxyl groups excluding tert-OH is 1. The van der Waals surface area contributed by atoms with Crippen LogP contribution in [0.4, 0.5) is 0 Å². The summed E-state index contributed by atoms with van der Waals surface area (Å²) in [5.74, 6) is -5.48. The van der Waals surface area contributed by atoms with E-state index in [1.54, 1.807) is 72.8 Å². The van der Waals surface area contributed by atoms with Gasteiger partial charge in [0, 0.05) is 19.3 Å². The summed E-state index contributed by atoms with van der Waals surface area (Å²) in [5.41, 5.74) is 18.9. The fraction of sp³-hybridized carbons (Fsp3) is 0.432. The Hall–Kier alpha value is -6.37. The van der Waals surface area contributed by atoms with Crippen LogP contribution < -0.4 is 49.1 Å². The maximum Gasteiger partial charge on any atom is 0.245 e. The monoisotopic (exact) mass is 859 g/mol. The Kier molecular flexibility index (Phi) is 21.0. The van der Waals surface area contributed by atoms with Gasteiger partial charge >= 0.3 is 0 Å². The lowest BCUT2D eigenvalue weighted by Crippen LogP contribution is -2.60. The number of carbonyl (C=O) groups is 7. The Balaban J connectivity index is 1.83. The van der Waals surface area contributed by atoms with Crippen LogP contribution in [-0.4, -0.2) is 108 Å². The first kappa shape index (κ1) is 50.0. The van der Waals surface area contributed by atoms with Crippen LogP contribution in [0.2, 0.25) is 0 Å². The smallest absolute Gasteiger partial charge is 0.245 e. The number of unbranched alkanes of at least 4 members (excludes halogenated alkanes) is 1. The molecule has 0 spiro atoms. The van der Waals surface area contributed by atoms with Crippen molar-refractivity contribution < 1.29 is 43.8 Å². The van der Waals surface area contributed by atoms with Crippen LogP contribution in [0.3, 0.4) is 0 Å². The molecule has 0 aliphatic heterocycles. The molecule has 0 fully saturated rings. The lowest BCUT2D eigenvalue weighted by Gasteiger charge is -2.28. The molecule has 0 aromatic heterocycles. The lowest BCUT2D eigenvalue weighted by atomic mass is 9.99. The third-order valence-corrected chi connectivity index (χ3v) is 9.81. The van der Waals surface area contributed by atoms with Crippen LogP contribution in [0.15, 0.2) is 84.9 Å². The van der Waals surface area contributed by atoms with Gasteiger partial charge in [0.15, 0.2) is 0 Å². The van der Waals surface area contributed by atoms with Crippen molar-refractivity contribution in [3.63, 3.8) is 0 Å². The molecule has 6 atom stereocenters. The molecular formula is C44H61N9O9. The van der Waals surface area contributed by atoms with E-state index in [1.807, 2.05) is 13.8 Å². The average molecular weight is 860 g/mol. The van der Waals surface area contributed by atoms with Crippen LogP contribution in [0.25, 0.3) is 0 Å². The first-order valence-corrected chi connectivity index (χ1v) is 20.6. The van der Waals surface area contributed by atoms with E-state index in [2.05, 4.69) is 31.9 Å². The number of benzene rings is 3. The van der Waals surface area contributed by atoms with Crippen molar-refractivity contribution >= 4 is 41.4 Å². The molecule has 336 valence electrons. The van der Waals surface area contributed by atoms with Gasteiger partial charge in [0.25, 0.3) is 0 Å². The Bertz CT molecular complexity index is 1920. The Morgan fingerprint density at radius 1 is 0.532 bits per heavy atom. The van der Waals surface area contributed by atoms with E-state index >= 15 is 0 Å². The SMILES string of the molecule is CC(C)C[C@H](NC(=O)[C@H](CCCCN)NC(=O)[C@H](CO)NC(=O)[C@H](Cc1ccccc1)NC(=O)CN)C(=O)N[C@@H](Cc1ccc(O)cc1)C(=O)N[C@@H](Cc1ccccc1)C(N)=O. The zero-order valence-electron chi connectivity index (χ0n) is 35.2. The van der Waals surface area contributed by atoms with Crippen molar-refractivity contribution in [3.8, 4) is 5.75 Å². The molecule has 62 heavy (non-hydrogen) atoms. The van der Waals surface area contributed by atoms with Crippen molar-refractivity contribution in [2.24, 2.45) is 23.1 Å². The number of nitrogens with one attached hydrogen (secondary N) is 6. The summed E-state index contributed by atoms with van der Waals surface area (Å²) < 4.78 is 0. The minimum absolute atomic E-state index is 0.0146. The van der Waals surface area contributed by atoms with Crippen LogP contribution in [0.5, 0.6) is 5.75 Å². The molecule has 0 saturated heterocycles. The number of phenols is 1. The zero-order chi connectivity index (χ0) is 45.6. The number of amides is 7. The van der Waals surface area contributed by atoms with Crippen molar-refractivity contribution in [2.45, 2.75) is 95.0 Å². The molecule has 14 N–H and O–H groups in total. The number of carbonyl (C=O) groups excluding carboxylic acids is 7. The molecule has 3 aromatic rings. The van der Waals surface area contributed by atoms with Gasteiger partial charge < -0.3 is 59.3 Å². The van der Waals surface area contributed by atoms with Crippen molar-refractivity contribution in [1.29, 1.82) is 0 Å². The molecule has 3 rings (SSSR count). The maximum atomic E-state index is 14.1. The van der Waals surface area contributed by atoms with Gasteiger partial charge in [0.1, 0.15) is 42.0 Å². The molecule has 18 heteroatoms. The fourth-order valence-corrected chi connectivity index (χ4v) is 6.48. The summed E-state index contributed by atoms with van der Waals surface area (Å²) in [5, 5.41) is 35.7. The quantitative estimate of drug-likeness (QED) is 0.0433. The lowest BCUT2D eigenvalue weighted by molar-refractivity contribution is -0.136. The first-order valence-electron chi connectivity index (χ1n) is 20.6. The Labute approximate surface area is 361 Å². The van der Waals surface area contributed by atoms with Gasteiger partial charge in [0.2, 0.25) is 41.4 Å². The number of aliphatic hydroxyl groups is 1. The fourth-order valence-electron chi connectivity index (χ4n) is 6.48. The first-order chi connectivity index (χ1) is 29.6. The number of rotatable bonds is 26. The molecule has 0 unspecified atom stereocenters. The second kappa shape index (κ2) is 26.1.